The molecule has 0 atom stereocenters. The smallest absolute Gasteiger partial charge is 0.377 e. The minimum Gasteiger partial charge on any atom is -0.377 e. The van der Waals surface area contributed by atoms with Crippen LogP contribution < -0.4 is 0 Å². The van der Waals surface area contributed by atoms with Gasteiger partial charge in [-0.3, -0.25) is 0 Å². The lowest BCUT2D eigenvalue weighted by atomic mass is 9.91. The van der Waals surface area contributed by atoms with E-state index in [0.717, 1.165) is 56.7 Å². The quantitative estimate of drug-likeness (QED) is 0.126. The van der Waals surface area contributed by atoms with Gasteiger partial charge in [0.15, 0.2) is 0 Å². The van der Waals surface area contributed by atoms with Gasteiger partial charge >= 0.3 is 26.4 Å². The summed E-state index contributed by atoms with van der Waals surface area (Å²) in [5.74, 6) is 0.663. The summed E-state index contributed by atoms with van der Waals surface area (Å²) in [5, 5.41) is 0. The molecule has 0 unspecified atom stereocenters. The summed E-state index contributed by atoms with van der Waals surface area (Å²) in [6, 6.07) is 2.53. The molecule has 9 nitrogen and oxygen atoms in total. The predicted molar refractivity (Wildman–Crippen MR) is 140 cm³/mol. The molecule has 0 radical (unpaired) electrons. The van der Waals surface area contributed by atoms with Gasteiger partial charge in [0, 0.05) is 82.1 Å². The van der Waals surface area contributed by atoms with Gasteiger partial charge in [-0.15, -0.1) is 0 Å². The Bertz CT molecular complexity index is 385. The van der Waals surface area contributed by atoms with Crippen molar-refractivity contribution in [1.82, 2.24) is 0 Å². The van der Waals surface area contributed by atoms with Crippen LogP contribution in [-0.4, -0.2) is 90.4 Å². The minimum atomic E-state index is -2.49. The molecule has 0 aliphatic rings. The standard InChI is InChI=1S/C22H52O9Si3/c1-23-32(24-2,25-3)19-13-10-16-22(17-11-14-20-33(26-4,27-5)28-6)18-12-15-21-34(29-7,30-8)31-9/h22H,10-21H2,1-9H3. The van der Waals surface area contributed by atoms with E-state index >= 15 is 0 Å². The molecular formula is C22H52O9Si3. The van der Waals surface area contributed by atoms with Crippen molar-refractivity contribution in [3.05, 3.63) is 0 Å². The first-order valence-electron chi connectivity index (χ1n) is 12.3. The Hall–Kier alpha value is 0.291. The molecule has 0 N–H and O–H groups in total. The van der Waals surface area contributed by atoms with E-state index in [2.05, 4.69) is 0 Å². The van der Waals surface area contributed by atoms with Crippen LogP contribution in [0.4, 0.5) is 0 Å². The molecule has 0 aliphatic carbocycles. The number of hydrogen-bond acceptors (Lipinski definition) is 9. The third kappa shape index (κ3) is 12.0. The highest BCUT2D eigenvalue weighted by atomic mass is 28.4. The largest absolute Gasteiger partial charge is 0.500 e. The fraction of sp³-hybridized carbons (Fsp3) is 1.00. The van der Waals surface area contributed by atoms with E-state index in [0.29, 0.717) is 5.92 Å². The average Bonchev–Trinajstić information content (AvgIpc) is 2.89. The van der Waals surface area contributed by atoms with E-state index < -0.39 is 26.4 Å². The van der Waals surface area contributed by atoms with Crippen LogP contribution in [0.3, 0.4) is 0 Å². The third-order valence-corrected chi connectivity index (χ3v) is 15.3. The van der Waals surface area contributed by atoms with Crippen LogP contribution in [0.25, 0.3) is 0 Å². The SMILES string of the molecule is CO[Si](CCCCC(CCCC[Si](OC)(OC)OC)CCCC[Si](OC)(OC)OC)(OC)OC. The van der Waals surface area contributed by atoms with Gasteiger partial charge in [0.05, 0.1) is 0 Å². The van der Waals surface area contributed by atoms with Crippen LogP contribution in [0.2, 0.25) is 18.1 Å². The number of rotatable bonds is 24. The molecule has 0 aliphatic heterocycles. The van der Waals surface area contributed by atoms with E-state index in [1.54, 1.807) is 64.0 Å². The Morgan fingerprint density at radius 2 is 0.559 bits per heavy atom. The van der Waals surface area contributed by atoms with Crippen molar-refractivity contribution in [3.8, 4) is 0 Å². The molecular weight excluding hydrogens is 492 g/mol. The molecule has 0 fully saturated rings. The van der Waals surface area contributed by atoms with E-state index in [9.17, 15) is 0 Å². The van der Waals surface area contributed by atoms with Crippen molar-refractivity contribution in [3.63, 3.8) is 0 Å². The molecule has 0 amide bonds. The molecule has 206 valence electrons. The monoisotopic (exact) mass is 544 g/mol. The first kappa shape index (κ1) is 34.3. The second-order valence-electron chi connectivity index (χ2n) is 8.49. The highest BCUT2D eigenvalue weighted by molar-refractivity contribution is 6.61. The molecule has 34 heavy (non-hydrogen) atoms. The molecule has 0 aromatic rings. The van der Waals surface area contributed by atoms with Gasteiger partial charge in [-0.1, -0.05) is 38.5 Å². The van der Waals surface area contributed by atoms with Gasteiger partial charge in [0.1, 0.15) is 0 Å². The lowest BCUT2D eigenvalue weighted by molar-refractivity contribution is 0.122. The average molecular weight is 545 g/mol. The van der Waals surface area contributed by atoms with Gasteiger partial charge in [-0.2, -0.15) is 0 Å². The fourth-order valence-electron chi connectivity index (χ4n) is 4.43. The summed E-state index contributed by atoms with van der Waals surface area (Å²) in [5.41, 5.74) is 0. The van der Waals surface area contributed by atoms with E-state index in [1.165, 1.54) is 19.3 Å². The summed E-state index contributed by atoms with van der Waals surface area (Å²) < 4.78 is 50.0. The second kappa shape index (κ2) is 19.4. The summed E-state index contributed by atoms with van der Waals surface area (Å²) in [4.78, 5) is 0. The van der Waals surface area contributed by atoms with Crippen LogP contribution in [0.15, 0.2) is 0 Å². The van der Waals surface area contributed by atoms with Gasteiger partial charge in [-0.05, 0) is 25.2 Å². The van der Waals surface area contributed by atoms with Crippen LogP contribution in [-0.2, 0) is 39.8 Å². The van der Waals surface area contributed by atoms with Crippen molar-refractivity contribution < 1.29 is 39.8 Å². The molecule has 0 bridgehead atoms. The van der Waals surface area contributed by atoms with Crippen molar-refractivity contribution >= 4 is 26.4 Å². The normalized spacial score (nSPS) is 13.2. The molecule has 0 saturated carbocycles. The highest BCUT2D eigenvalue weighted by Gasteiger charge is 2.38. The summed E-state index contributed by atoms with van der Waals surface area (Å²) in [6.45, 7) is 0. The van der Waals surface area contributed by atoms with Crippen LogP contribution in [0, 0.1) is 5.92 Å². The topological polar surface area (TPSA) is 83.1 Å². The van der Waals surface area contributed by atoms with Crippen LogP contribution in [0.1, 0.15) is 57.8 Å². The Morgan fingerprint density at radius 3 is 0.735 bits per heavy atom. The Morgan fingerprint density at radius 1 is 0.353 bits per heavy atom. The maximum absolute atomic E-state index is 5.56. The molecule has 0 saturated heterocycles. The summed E-state index contributed by atoms with van der Waals surface area (Å²) in [6.07, 6.45) is 10.1. The van der Waals surface area contributed by atoms with E-state index in [-0.39, 0.29) is 0 Å². The third-order valence-electron chi connectivity index (χ3n) is 6.84. The lowest BCUT2D eigenvalue weighted by Gasteiger charge is -2.26. The predicted octanol–water partition coefficient (Wildman–Crippen LogP) is 4.75. The van der Waals surface area contributed by atoms with Gasteiger partial charge in [-0.25, -0.2) is 0 Å². The van der Waals surface area contributed by atoms with Crippen molar-refractivity contribution in [2.45, 2.75) is 75.9 Å². The molecule has 12 heteroatoms. The maximum atomic E-state index is 5.56. The van der Waals surface area contributed by atoms with Crippen molar-refractivity contribution in [2.24, 2.45) is 5.92 Å². The lowest BCUT2D eigenvalue weighted by Crippen LogP contribution is -2.42. The van der Waals surface area contributed by atoms with Gasteiger partial charge in [0.2, 0.25) is 0 Å². The Kier molecular flexibility index (Phi) is 19.6. The number of hydrogen-bond donors (Lipinski definition) is 0. The summed E-state index contributed by atoms with van der Waals surface area (Å²) in [7, 11) is 7.60. The fourth-order valence-corrected chi connectivity index (χ4v) is 9.81. The second-order valence-corrected chi connectivity index (χ2v) is 17.8. The molecule has 0 heterocycles. The molecule has 0 aromatic carbocycles. The molecule has 0 spiro atoms. The number of unbranched alkanes of at least 4 members (excludes halogenated alkanes) is 3. The van der Waals surface area contributed by atoms with Crippen molar-refractivity contribution in [2.75, 3.05) is 64.0 Å². The van der Waals surface area contributed by atoms with Crippen LogP contribution >= 0.6 is 0 Å². The minimum absolute atomic E-state index is 0.663. The zero-order valence-electron chi connectivity index (χ0n) is 23.2. The molecule has 0 aromatic heterocycles. The Balaban J connectivity index is 4.73. The summed E-state index contributed by atoms with van der Waals surface area (Å²) >= 11 is 0. The zero-order chi connectivity index (χ0) is 25.9. The first-order valence-corrected chi connectivity index (χ1v) is 18.1. The maximum Gasteiger partial charge on any atom is 0.500 e. The highest BCUT2D eigenvalue weighted by Crippen LogP contribution is 2.28. The van der Waals surface area contributed by atoms with E-state index in [4.69, 9.17) is 39.8 Å². The van der Waals surface area contributed by atoms with Gasteiger partial charge < -0.3 is 39.8 Å². The zero-order valence-corrected chi connectivity index (χ0v) is 26.2. The van der Waals surface area contributed by atoms with Gasteiger partial charge in [0.25, 0.3) is 0 Å². The Labute approximate surface area is 212 Å². The van der Waals surface area contributed by atoms with Crippen LogP contribution in [0.5, 0.6) is 0 Å². The van der Waals surface area contributed by atoms with Crippen molar-refractivity contribution in [1.29, 1.82) is 0 Å². The first-order chi connectivity index (χ1) is 16.3. The molecule has 0 rings (SSSR count). The van der Waals surface area contributed by atoms with E-state index in [1.807, 2.05) is 0 Å².